The van der Waals surface area contributed by atoms with Crippen LogP contribution in [0.25, 0.3) is 21.9 Å². The van der Waals surface area contributed by atoms with Gasteiger partial charge >= 0.3 is 0 Å². The van der Waals surface area contributed by atoms with Gasteiger partial charge in [-0.05, 0) is 29.8 Å². The van der Waals surface area contributed by atoms with Crippen LogP contribution in [-0.4, -0.2) is 28.4 Å². The first-order chi connectivity index (χ1) is 12.7. The van der Waals surface area contributed by atoms with Gasteiger partial charge in [0.2, 0.25) is 6.79 Å². The molecule has 0 atom stereocenters. The number of ether oxygens (including phenoxy) is 3. The Morgan fingerprint density at radius 3 is 2.96 bits per heavy atom. The summed E-state index contributed by atoms with van der Waals surface area (Å²) in [7, 11) is 1.61. The third-order valence-corrected chi connectivity index (χ3v) is 4.57. The Morgan fingerprint density at radius 2 is 2.08 bits per heavy atom. The predicted molar refractivity (Wildman–Crippen MR) is 96.1 cm³/mol. The van der Waals surface area contributed by atoms with Gasteiger partial charge in [-0.3, -0.25) is 9.36 Å². The summed E-state index contributed by atoms with van der Waals surface area (Å²) in [5.74, 6) is 2.14. The van der Waals surface area contributed by atoms with Gasteiger partial charge in [-0.25, -0.2) is 4.98 Å². The molecule has 0 amide bonds. The van der Waals surface area contributed by atoms with Crippen molar-refractivity contribution in [2.45, 2.75) is 6.54 Å². The molecule has 0 radical (unpaired) electrons. The van der Waals surface area contributed by atoms with E-state index in [0.717, 1.165) is 28.0 Å². The summed E-state index contributed by atoms with van der Waals surface area (Å²) in [4.78, 5) is 20.6. The van der Waals surface area contributed by atoms with Crippen LogP contribution in [0.3, 0.4) is 0 Å². The fourth-order valence-electron chi connectivity index (χ4n) is 3.25. The minimum atomic E-state index is -0.122. The van der Waals surface area contributed by atoms with E-state index in [1.54, 1.807) is 18.0 Å². The van der Waals surface area contributed by atoms with Crippen molar-refractivity contribution in [3.8, 4) is 17.2 Å². The van der Waals surface area contributed by atoms with Crippen molar-refractivity contribution >= 4 is 21.9 Å². The molecule has 2 aromatic heterocycles. The van der Waals surface area contributed by atoms with E-state index in [2.05, 4.69) is 9.97 Å². The Hall–Kier alpha value is -3.48. The van der Waals surface area contributed by atoms with Crippen molar-refractivity contribution in [3.63, 3.8) is 0 Å². The number of fused-ring (bicyclic) bond motifs is 4. The summed E-state index contributed by atoms with van der Waals surface area (Å²) in [6.07, 6.45) is 1.58. The number of H-pyrrole nitrogens is 1. The molecule has 7 heteroatoms. The van der Waals surface area contributed by atoms with Crippen LogP contribution in [0.5, 0.6) is 17.2 Å². The van der Waals surface area contributed by atoms with Crippen molar-refractivity contribution in [2.24, 2.45) is 0 Å². The van der Waals surface area contributed by atoms with Gasteiger partial charge in [0.1, 0.15) is 16.8 Å². The smallest absolute Gasteiger partial charge is 0.277 e. The molecule has 1 N–H and O–H groups in total. The van der Waals surface area contributed by atoms with Gasteiger partial charge in [0.25, 0.3) is 5.56 Å². The average molecular weight is 349 g/mol. The van der Waals surface area contributed by atoms with Gasteiger partial charge in [0.05, 0.1) is 25.5 Å². The Balaban J connectivity index is 1.59. The zero-order valence-electron chi connectivity index (χ0n) is 14.0. The van der Waals surface area contributed by atoms with Crippen LogP contribution in [0.4, 0.5) is 0 Å². The topological polar surface area (TPSA) is 78.4 Å². The van der Waals surface area contributed by atoms with Crippen LogP contribution >= 0.6 is 0 Å². The highest BCUT2D eigenvalue weighted by Gasteiger charge is 2.15. The largest absolute Gasteiger partial charge is 0.497 e. The SMILES string of the molecule is COc1ccc2c(c1)[nH]c1c(=O)n(Cc3ccc4c(c3)OCO4)cnc12. The molecule has 130 valence electrons. The van der Waals surface area contributed by atoms with Gasteiger partial charge in [0.15, 0.2) is 11.5 Å². The van der Waals surface area contributed by atoms with Crippen LogP contribution in [-0.2, 0) is 6.54 Å². The van der Waals surface area contributed by atoms with E-state index in [9.17, 15) is 4.79 Å². The number of benzene rings is 2. The molecule has 4 aromatic rings. The van der Waals surface area contributed by atoms with Crippen LogP contribution in [0, 0.1) is 0 Å². The zero-order valence-corrected chi connectivity index (χ0v) is 14.0. The lowest BCUT2D eigenvalue weighted by Crippen LogP contribution is -2.21. The Labute approximate surface area is 147 Å². The Morgan fingerprint density at radius 1 is 1.19 bits per heavy atom. The van der Waals surface area contributed by atoms with Crippen LogP contribution < -0.4 is 19.8 Å². The van der Waals surface area contributed by atoms with Gasteiger partial charge < -0.3 is 19.2 Å². The molecule has 5 rings (SSSR count). The number of aromatic nitrogens is 3. The first-order valence-electron chi connectivity index (χ1n) is 8.16. The molecular formula is C19H15N3O4. The maximum Gasteiger partial charge on any atom is 0.277 e. The normalized spacial score (nSPS) is 12.8. The second-order valence-electron chi connectivity index (χ2n) is 6.13. The van der Waals surface area contributed by atoms with E-state index < -0.39 is 0 Å². The molecule has 0 spiro atoms. The van der Waals surface area contributed by atoms with E-state index in [4.69, 9.17) is 14.2 Å². The summed E-state index contributed by atoms with van der Waals surface area (Å²) in [5.41, 5.74) is 2.79. The monoisotopic (exact) mass is 349 g/mol. The molecule has 0 unspecified atom stereocenters. The summed E-state index contributed by atoms with van der Waals surface area (Å²) >= 11 is 0. The Bertz CT molecular complexity index is 1210. The average Bonchev–Trinajstić information content (AvgIpc) is 3.27. The van der Waals surface area contributed by atoms with Crippen molar-refractivity contribution in [2.75, 3.05) is 13.9 Å². The number of methoxy groups -OCH3 is 1. The molecule has 26 heavy (non-hydrogen) atoms. The molecule has 1 aliphatic rings. The molecule has 3 heterocycles. The summed E-state index contributed by atoms with van der Waals surface area (Å²) in [6.45, 7) is 0.627. The van der Waals surface area contributed by atoms with Crippen LogP contribution in [0.15, 0.2) is 47.5 Å². The maximum atomic E-state index is 12.9. The lowest BCUT2D eigenvalue weighted by Gasteiger charge is -2.06. The standard InChI is InChI=1S/C19H15N3O4/c1-24-12-3-4-13-14(7-12)21-18-17(13)20-9-22(19(18)23)8-11-2-5-15-16(6-11)26-10-25-15/h2-7,9,21H,8,10H2,1H3. The third kappa shape index (κ3) is 2.21. The van der Waals surface area contributed by atoms with E-state index in [-0.39, 0.29) is 12.4 Å². The third-order valence-electron chi connectivity index (χ3n) is 4.57. The Kier molecular flexibility index (Phi) is 3.15. The molecule has 0 saturated carbocycles. The highest BCUT2D eigenvalue weighted by atomic mass is 16.7. The summed E-state index contributed by atoms with van der Waals surface area (Å²) in [6, 6.07) is 11.3. The highest BCUT2D eigenvalue weighted by molar-refractivity contribution is 6.04. The van der Waals surface area contributed by atoms with Crippen LogP contribution in [0.1, 0.15) is 5.56 Å². The van der Waals surface area contributed by atoms with Crippen molar-refractivity contribution in [1.82, 2.24) is 14.5 Å². The van der Waals surface area contributed by atoms with Crippen molar-refractivity contribution < 1.29 is 14.2 Å². The quantitative estimate of drug-likeness (QED) is 0.615. The molecule has 2 aromatic carbocycles. The second kappa shape index (κ2) is 5.52. The van der Waals surface area contributed by atoms with Gasteiger partial charge in [-0.1, -0.05) is 6.07 Å². The van der Waals surface area contributed by atoms with Gasteiger partial charge in [-0.2, -0.15) is 0 Å². The highest BCUT2D eigenvalue weighted by Crippen LogP contribution is 2.32. The van der Waals surface area contributed by atoms with Gasteiger partial charge in [-0.15, -0.1) is 0 Å². The van der Waals surface area contributed by atoms with Crippen LogP contribution in [0.2, 0.25) is 0 Å². The summed E-state index contributed by atoms with van der Waals surface area (Å²) < 4.78 is 17.5. The number of hydrogen-bond donors (Lipinski definition) is 1. The zero-order chi connectivity index (χ0) is 17.7. The predicted octanol–water partition coefficient (Wildman–Crippen LogP) is 2.66. The fraction of sp³-hybridized carbons (Fsp3) is 0.158. The molecule has 7 nitrogen and oxygen atoms in total. The first-order valence-corrected chi connectivity index (χ1v) is 8.16. The minimum absolute atomic E-state index is 0.122. The maximum absolute atomic E-state index is 12.9. The molecule has 0 aliphatic carbocycles. The molecule has 0 saturated heterocycles. The molecule has 0 bridgehead atoms. The summed E-state index contributed by atoms with van der Waals surface area (Å²) in [5, 5.41) is 0.896. The number of nitrogens with one attached hydrogen (secondary N) is 1. The minimum Gasteiger partial charge on any atom is -0.497 e. The first kappa shape index (κ1) is 14.8. The van der Waals surface area contributed by atoms with E-state index in [0.29, 0.717) is 23.3 Å². The number of aromatic amines is 1. The van der Waals surface area contributed by atoms with Crippen molar-refractivity contribution in [1.29, 1.82) is 0 Å². The van der Waals surface area contributed by atoms with E-state index in [1.165, 1.54) is 0 Å². The lowest BCUT2D eigenvalue weighted by atomic mass is 10.2. The van der Waals surface area contributed by atoms with E-state index in [1.807, 2.05) is 36.4 Å². The number of rotatable bonds is 3. The van der Waals surface area contributed by atoms with E-state index >= 15 is 0 Å². The molecule has 0 fully saturated rings. The lowest BCUT2D eigenvalue weighted by molar-refractivity contribution is 0.174. The van der Waals surface area contributed by atoms with Gasteiger partial charge in [0, 0.05) is 11.5 Å². The second-order valence-corrected chi connectivity index (χ2v) is 6.13. The molecular weight excluding hydrogens is 334 g/mol. The molecule has 1 aliphatic heterocycles. The number of hydrogen-bond acceptors (Lipinski definition) is 5. The number of nitrogens with zero attached hydrogens (tertiary/aromatic N) is 2. The fourth-order valence-corrected chi connectivity index (χ4v) is 3.25. The van der Waals surface area contributed by atoms with Crippen molar-refractivity contribution in [3.05, 3.63) is 58.6 Å².